The molecule has 0 unspecified atom stereocenters. The third kappa shape index (κ3) is 5.95. The summed E-state index contributed by atoms with van der Waals surface area (Å²) in [5, 5.41) is 10.0. The van der Waals surface area contributed by atoms with E-state index in [1.807, 2.05) is 0 Å². The molecule has 0 amide bonds. The molecule has 5 nitrogen and oxygen atoms in total. The normalized spacial score (nSPS) is 20.1. The minimum Gasteiger partial charge on any atom is -0.278 e. The average Bonchev–Trinajstić information content (AvgIpc) is 3.90. The highest BCUT2D eigenvalue weighted by molar-refractivity contribution is 7.20. The van der Waals surface area contributed by atoms with Crippen LogP contribution in [0.15, 0.2) is 206 Å². The van der Waals surface area contributed by atoms with Crippen molar-refractivity contribution in [2.45, 2.75) is 38.0 Å². The van der Waals surface area contributed by atoms with Gasteiger partial charge in [0, 0.05) is 27.1 Å². The first-order chi connectivity index (χ1) is 33.2. The van der Waals surface area contributed by atoms with E-state index in [9.17, 15) is 0 Å². The van der Waals surface area contributed by atoms with E-state index in [0.717, 1.165) is 57.1 Å². The molecule has 4 fully saturated rings. The smallest absolute Gasteiger partial charge is 0.240 e. The largest absolute Gasteiger partial charge is 0.278 e. The fraction of sp³-hybridized carbons (Fsp3) is 0.164. The van der Waals surface area contributed by atoms with Crippen LogP contribution in [0.2, 0.25) is 0 Å². The number of rotatable bonds is 8. The molecule has 4 aliphatic rings. The SMILES string of the molecule is c1ccc([Si](c2ccccc2)(c2ccccc2)c2ccc3c4ccccc4n(-c4nc(-c5ccccc5C5C6CC7CC(C6)CC5C7)nc(-n5c6ccccc6c6ccccc65)n4)c3c2)cc1. The van der Waals surface area contributed by atoms with Crippen LogP contribution in [0.5, 0.6) is 0 Å². The molecule has 3 aromatic heterocycles. The molecule has 0 spiro atoms. The number of benzene rings is 8. The first-order valence-corrected chi connectivity index (χ1v) is 26.3. The van der Waals surface area contributed by atoms with Crippen molar-refractivity contribution in [1.82, 2.24) is 24.1 Å². The highest BCUT2D eigenvalue weighted by Crippen LogP contribution is 2.60. The molecule has 6 heteroatoms. The molecular weight excluding hydrogens is 831 g/mol. The van der Waals surface area contributed by atoms with Crippen LogP contribution in [0, 0.1) is 23.7 Å². The molecular formula is C61H49N5Si. The summed E-state index contributed by atoms with van der Waals surface area (Å²) in [5.74, 6) is 5.72. The lowest BCUT2D eigenvalue weighted by molar-refractivity contribution is -0.00261. The van der Waals surface area contributed by atoms with E-state index < -0.39 is 8.07 Å². The van der Waals surface area contributed by atoms with Crippen molar-refractivity contribution in [3.8, 4) is 23.3 Å². The second kappa shape index (κ2) is 15.3. The van der Waals surface area contributed by atoms with Gasteiger partial charge in [-0.25, -0.2) is 0 Å². The van der Waals surface area contributed by atoms with Crippen LogP contribution in [0.3, 0.4) is 0 Å². The zero-order chi connectivity index (χ0) is 44.1. The lowest BCUT2D eigenvalue weighted by Gasteiger charge is -2.55. The zero-order valence-electron chi connectivity index (χ0n) is 37.3. The molecule has 3 heterocycles. The fourth-order valence-electron chi connectivity index (χ4n) is 13.7. The topological polar surface area (TPSA) is 48.5 Å². The van der Waals surface area contributed by atoms with Crippen molar-refractivity contribution in [1.29, 1.82) is 0 Å². The van der Waals surface area contributed by atoms with Crippen molar-refractivity contribution >= 4 is 72.4 Å². The second-order valence-electron chi connectivity index (χ2n) is 19.6. The maximum Gasteiger partial charge on any atom is 0.240 e. The summed E-state index contributed by atoms with van der Waals surface area (Å²) < 4.78 is 4.60. The fourth-order valence-corrected chi connectivity index (χ4v) is 18.5. The maximum atomic E-state index is 5.69. The molecule has 15 rings (SSSR count). The zero-order valence-corrected chi connectivity index (χ0v) is 38.3. The number of hydrogen-bond donors (Lipinski definition) is 0. The number of para-hydroxylation sites is 3. The Morgan fingerprint density at radius 3 is 1.28 bits per heavy atom. The van der Waals surface area contributed by atoms with Crippen LogP contribution in [-0.4, -0.2) is 32.2 Å². The maximum absolute atomic E-state index is 5.69. The van der Waals surface area contributed by atoms with Crippen molar-refractivity contribution in [2.75, 3.05) is 0 Å². The van der Waals surface area contributed by atoms with Gasteiger partial charge in [0.05, 0.1) is 22.1 Å². The lowest BCUT2D eigenvalue weighted by atomic mass is 9.50. The van der Waals surface area contributed by atoms with Crippen molar-refractivity contribution in [3.05, 3.63) is 212 Å². The monoisotopic (exact) mass is 879 g/mol. The molecule has 8 aromatic carbocycles. The van der Waals surface area contributed by atoms with Gasteiger partial charge in [-0.05, 0) is 112 Å². The van der Waals surface area contributed by atoms with E-state index in [-0.39, 0.29) is 0 Å². The first kappa shape index (κ1) is 38.8. The molecule has 11 aromatic rings. The summed E-state index contributed by atoms with van der Waals surface area (Å²) in [6.07, 6.45) is 6.84. The average molecular weight is 880 g/mol. The Kier molecular flexibility index (Phi) is 8.88. The third-order valence-electron chi connectivity index (χ3n) is 16.1. The van der Waals surface area contributed by atoms with Gasteiger partial charge in [0.25, 0.3) is 0 Å². The van der Waals surface area contributed by atoms with Crippen molar-refractivity contribution in [2.24, 2.45) is 23.7 Å². The second-order valence-corrected chi connectivity index (χ2v) is 23.4. The van der Waals surface area contributed by atoms with Crippen LogP contribution in [0.1, 0.15) is 43.6 Å². The van der Waals surface area contributed by atoms with E-state index in [2.05, 4.69) is 215 Å². The van der Waals surface area contributed by atoms with Gasteiger partial charge >= 0.3 is 0 Å². The van der Waals surface area contributed by atoms with Gasteiger partial charge < -0.3 is 0 Å². The highest BCUT2D eigenvalue weighted by Gasteiger charge is 2.49. The van der Waals surface area contributed by atoms with Gasteiger partial charge in [0.1, 0.15) is 0 Å². The Hall–Kier alpha value is -7.41. The van der Waals surface area contributed by atoms with Crippen LogP contribution >= 0.6 is 0 Å². The van der Waals surface area contributed by atoms with E-state index in [1.54, 1.807) is 0 Å². The number of nitrogens with zero attached hydrogens (tertiary/aromatic N) is 5. The number of hydrogen-bond acceptors (Lipinski definition) is 3. The molecule has 4 saturated carbocycles. The van der Waals surface area contributed by atoms with Gasteiger partial charge in [0.2, 0.25) is 11.9 Å². The molecule has 0 saturated heterocycles. The summed E-state index contributed by atoms with van der Waals surface area (Å²) in [6, 6.07) is 76.1. The third-order valence-corrected chi connectivity index (χ3v) is 20.9. The van der Waals surface area contributed by atoms with E-state index >= 15 is 0 Å². The Morgan fingerprint density at radius 1 is 0.358 bits per heavy atom. The van der Waals surface area contributed by atoms with E-state index in [0.29, 0.717) is 17.8 Å². The van der Waals surface area contributed by atoms with Crippen molar-refractivity contribution < 1.29 is 0 Å². The summed E-state index contributed by atoms with van der Waals surface area (Å²) in [7, 11) is -2.88. The Morgan fingerprint density at radius 2 is 0.776 bits per heavy atom. The Labute approximate surface area is 391 Å². The lowest BCUT2D eigenvalue weighted by Crippen LogP contribution is -2.74. The highest BCUT2D eigenvalue weighted by atomic mass is 28.3. The number of fused-ring (bicyclic) bond motifs is 6. The molecule has 4 aliphatic carbocycles. The van der Waals surface area contributed by atoms with Gasteiger partial charge in [-0.3, -0.25) is 9.13 Å². The van der Waals surface area contributed by atoms with Crippen LogP contribution in [0.4, 0.5) is 0 Å². The molecule has 322 valence electrons. The molecule has 4 bridgehead atoms. The quantitative estimate of drug-likeness (QED) is 0.113. The minimum absolute atomic E-state index is 0.517. The summed E-state index contributed by atoms with van der Waals surface area (Å²) in [5.41, 5.74) is 6.86. The van der Waals surface area contributed by atoms with Gasteiger partial charge in [0.15, 0.2) is 13.9 Å². The minimum atomic E-state index is -2.88. The Balaban J connectivity index is 1.07. The first-order valence-electron chi connectivity index (χ1n) is 24.3. The molecule has 67 heavy (non-hydrogen) atoms. The number of aromatic nitrogens is 5. The predicted octanol–water partition coefficient (Wildman–Crippen LogP) is 11.6. The summed E-state index contributed by atoms with van der Waals surface area (Å²) in [6.45, 7) is 0. The summed E-state index contributed by atoms with van der Waals surface area (Å²) in [4.78, 5) is 16.9. The molecule has 0 N–H and O–H groups in total. The van der Waals surface area contributed by atoms with Crippen molar-refractivity contribution in [3.63, 3.8) is 0 Å². The van der Waals surface area contributed by atoms with Gasteiger partial charge in [-0.1, -0.05) is 182 Å². The summed E-state index contributed by atoms with van der Waals surface area (Å²) >= 11 is 0. The molecule has 0 atom stereocenters. The van der Waals surface area contributed by atoms with Crippen LogP contribution in [-0.2, 0) is 0 Å². The molecule has 0 radical (unpaired) electrons. The van der Waals surface area contributed by atoms with Crippen LogP contribution in [0.25, 0.3) is 66.9 Å². The van der Waals surface area contributed by atoms with Gasteiger partial charge in [-0.2, -0.15) is 15.0 Å². The standard InChI is InChI=1S/C61H49N5Si/c1-4-18-44(19-5-1)67(45-20-6-2-7-21-45,46-22-8-3-9-23-46)47-32-33-51-50-26-14-17-31-56(50)66(57(51)39-47)61-63-59(53-28-11-10-27-52(53)58-42-35-40-34-41(37-42)38-43(58)36-40)62-60(64-61)65-54-29-15-12-24-48(54)49-25-13-16-30-55(49)65/h1-33,39-43,58H,34-38H2. The predicted molar refractivity (Wildman–Crippen MR) is 277 cm³/mol. The van der Waals surface area contributed by atoms with Gasteiger partial charge in [-0.15, -0.1) is 0 Å². The van der Waals surface area contributed by atoms with Crippen LogP contribution < -0.4 is 20.7 Å². The van der Waals surface area contributed by atoms with E-state index in [4.69, 9.17) is 15.0 Å². The van der Waals surface area contributed by atoms with E-state index in [1.165, 1.54) is 80.0 Å². The molecule has 0 aliphatic heterocycles. The Bertz CT molecular complexity index is 3490.